The Hall–Kier alpha value is 0.820. The van der Waals surface area contributed by atoms with Gasteiger partial charge in [0.15, 0.2) is 0 Å². The van der Waals surface area contributed by atoms with Crippen LogP contribution in [0.25, 0.3) is 0 Å². The molecule has 0 radical (unpaired) electrons. The van der Waals surface area contributed by atoms with Crippen molar-refractivity contribution in [3.63, 3.8) is 0 Å². The molecular formula is C6H9IS. The SMILES string of the molecule is ICCC1CC=CS1. The maximum atomic E-state index is 2.44. The zero-order valence-corrected chi connectivity index (χ0v) is 7.61. The van der Waals surface area contributed by atoms with Crippen molar-refractivity contribution >= 4 is 34.4 Å². The summed E-state index contributed by atoms with van der Waals surface area (Å²) in [6, 6.07) is 0. The van der Waals surface area contributed by atoms with Gasteiger partial charge in [0.2, 0.25) is 0 Å². The van der Waals surface area contributed by atoms with Crippen LogP contribution in [0.15, 0.2) is 11.5 Å². The van der Waals surface area contributed by atoms with E-state index >= 15 is 0 Å². The molecule has 0 aromatic carbocycles. The van der Waals surface area contributed by atoms with E-state index in [0.29, 0.717) is 0 Å². The second-order valence-corrected chi connectivity index (χ2v) is 4.13. The summed E-state index contributed by atoms with van der Waals surface area (Å²) in [6.07, 6.45) is 4.94. The van der Waals surface area contributed by atoms with Crippen LogP contribution < -0.4 is 0 Å². The van der Waals surface area contributed by atoms with E-state index in [1.807, 2.05) is 11.8 Å². The van der Waals surface area contributed by atoms with E-state index in [1.54, 1.807) is 0 Å². The number of hydrogen-bond donors (Lipinski definition) is 0. The van der Waals surface area contributed by atoms with Crippen LogP contribution in [-0.4, -0.2) is 9.68 Å². The number of hydrogen-bond acceptors (Lipinski definition) is 1. The van der Waals surface area contributed by atoms with E-state index in [-0.39, 0.29) is 0 Å². The largest absolute Gasteiger partial charge is 0.131 e. The van der Waals surface area contributed by atoms with Crippen molar-refractivity contribution in [2.45, 2.75) is 18.1 Å². The summed E-state index contributed by atoms with van der Waals surface area (Å²) in [7, 11) is 0. The van der Waals surface area contributed by atoms with Gasteiger partial charge in [-0.25, -0.2) is 0 Å². The first-order chi connectivity index (χ1) is 3.93. The molecule has 8 heavy (non-hydrogen) atoms. The highest BCUT2D eigenvalue weighted by atomic mass is 127. The summed E-state index contributed by atoms with van der Waals surface area (Å²) in [4.78, 5) is 0. The Balaban J connectivity index is 2.10. The highest BCUT2D eigenvalue weighted by Crippen LogP contribution is 2.26. The van der Waals surface area contributed by atoms with E-state index in [2.05, 4.69) is 34.1 Å². The van der Waals surface area contributed by atoms with Gasteiger partial charge in [-0.05, 0) is 18.2 Å². The molecule has 0 saturated carbocycles. The highest BCUT2D eigenvalue weighted by molar-refractivity contribution is 14.1. The Labute approximate surface area is 68.3 Å². The third-order valence-corrected chi connectivity index (χ3v) is 2.98. The average molecular weight is 240 g/mol. The van der Waals surface area contributed by atoms with Crippen LogP contribution in [0.2, 0.25) is 0 Å². The first kappa shape index (κ1) is 6.93. The molecular weight excluding hydrogens is 231 g/mol. The van der Waals surface area contributed by atoms with Crippen molar-refractivity contribution in [1.82, 2.24) is 0 Å². The maximum Gasteiger partial charge on any atom is 0.0130 e. The first-order valence-corrected chi connectivity index (χ1v) is 5.27. The standard InChI is InChI=1S/C6H9IS/c7-4-3-6-2-1-5-8-6/h1,5-6H,2-4H2. The minimum Gasteiger partial charge on any atom is -0.131 e. The lowest BCUT2D eigenvalue weighted by Gasteiger charge is -2.02. The molecule has 0 aromatic rings. The second kappa shape index (κ2) is 3.77. The number of rotatable bonds is 2. The van der Waals surface area contributed by atoms with Crippen LogP contribution in [-0.2, 0) is 0 Å². The van der Waals surface area contributed by atoms with Crippen molar-refractivity contribution < 1.29 is 0 Å². The minimum absolute atomic E-state index is 0.909. The Morgan fingerprint density at radius 2 is 2.62 bits per heavy atom. The van der Waals surface area contributed by atoms with E-state index < -0.39 is 0 Å². The van der Waals surface area contributed by atoms with Crippen molar-refractivity contribution in [3.8, 4) is 0 Å². The fourth-order valence-corrected chi connectivity index (χ4v) is 2.83. The molecule has 0 nitrogen and oxygen atoms in total. The molecule has 0 aromatic heterocycles. The molecule has 0 fully saturated rings. The fraction of sp³-hybridized carbons (Fsp3) is 0.667. The molecule has 46 valence electrons. The van der Waals surface area contributed by atoms with Gasteiger partial charge in [0, 0.05) is 9.68 Å². The minimum atomic E-state index is 0.909. The van der Waals surface area contributed by atoms with Gasteiger partial charge in [-0.2, -0.15) is 0 Å². The predicted molar refractivity (Wildman–Crippen MR) is 48.6 cm³/mol. The Bertz CT molecular complexity index is 82.5. The van der Waals surface area contributed by atoms with E-state index in [9.17, 15) is 0 Å². The Morgan fingerprint density at radius 3 is 3.12 bits per heavy atom. The Morgan fingerprint density at radius 1 is 1.75 bits per heavy atom. The maximum absolute atomic E-state index is 2.44. The molecule has 1 aliphatic rings. The molecule has 1 heterocycles. The number of alkyl halides is 1. The zero-order chi connectivity index (χ0) is 5.82. The lowest BCUT2D eigenvalue weighted by atomic mass is 10.2. The summed E-state index contributed by atoms with van der Waals surface area (Å²) >= 11 is 4.42. The average Bonchev–Trinajstić information content (AvgIpc) is 2.19. The van der Waals surface area contributed by atoms with Crippen LogP contribution in [0, 0.1) is 0 Å². The van der Waals surface area contributed by atoms with Gasteiger partial charge in [-0.15, -0.1) is 11.8 Å². The lowest BCUT2D eigenvalue weighted by Crippen LogP contribution is -1.95. The van der Waals surface area contributed by atoms with Crippen LogP contribution in [0.3, 0.4) is 0 Å². The van der Waals surface area contributed by atoms with Crippen LogP contribution in [0.4, 0.5) is 0 Å². The lowest BCUT2D eigenvalue weighted by molar-refractivity contribution is 0.866. The van der Waals surface area contributed by atoms with E-state index in [4.69, 9.17) is 0 Å². The number of allylic oxidation sites excluding steroid dienone is 1. The molecule has 0 aliphatic carbocycles. The van der Waals surface area contributed by atoms with Gasteiger partial charge in [-0.3, -0.25) is 0 Å². The van der Waals surface area contributed by atoms with Crippen LogP contribution in [0.5, 0.6) is 0 Å². The van der Waals surface area contributed by atoms with Crippen LogP contribution >= 0.6 is 34.4 Å². The molecule has 1 rings (SSSR count). The van der Waals surface area contributed by atoms with Crippen molar-refractivity contribution in [2.75, 3.05) is 4.43 Å². The van der Waals surface area contributed by atoms with Gasteiger partial charge in [0.25, 0.3) is 0 Å². The quantitative estimate of drug-likeness (QED) is 0.528. The third-order valence-electron chi connectivity index (χ3n) is 1.20. The van der Waals surface area contributed by atoms with Crippen molar-refractivity contribution in [1.29, 1.82) is 0 Å². The van der Waals surface area contributed by atoms with E-state index in [0.717, 1.165) is 5.25 Å². The summed E-state index contributed by atoms with van der Waals surface area (Å²) in [5, 5.41) is 3.13. The molecule has 0 bridgehead atoms. The number of halogens is 1. The Kier molecular flexibility index (Phi) is 3.27. The third kappa shape index (κ3) is 1.97. The highest BCUT2D eigenvalue weighted by Gasteiger charge is 2.08. The molecule has 0 saturated heterocycles. The van der Waals surface area contributed by atoms with Crippen molar-refractivity contribution in [2.24, 2.45) is 0 Å². The molecule has 1 atom stereocenters. The predicted octanol–water partition coefficient (Wildman–Crippen LogP) is 2.83. The molecule has 0 spiro atoms. The summed E-state index contributed by atoms with van der Waals surface area (Å²) in [5.74, 6) is 0. The second-order valence-electron chi connectivity index (χ2n) is 1.84. The molecule has 2 heteroatoms. The van der Waals surface area contributed by atoms with Crippen LogP contribution in [0.1, 0.15) is 12.8 Å². The van der Waals surface area contributed by atoms with E-state index in [1.165, 1.54) is 17.3 Å². The van der Waals surface area contributed by atoms with Gasteiger partial charge >= 0.3 is 0 Å². The normalized spacial score (nSPS) is 26.9. The molecule has 0 amide bonds. The van der Waals surface area contributed by atoms with Crippen molar-refractivity contribution in [3.05, 3.63) is 11.5 Å². The first-order valence-electron chi connectivity index (χ1n) is 2.80. The summed E-state index contributed by atoms with van der Waals surface area (Å²) < 4.78 is 1.30. The summed E-state index contributed by atoms with van der Waals surface area (Å²) in [5.41, 5.74) is 0. The molecule has 0 N–H and O–H groups in total. The number of thioether (sulfide) groups is 1. The van der Waals surface area contributed by atoms with Gasteiger partial charge in [0.05, 0.1) is 0 Å². The monoisotopic (exact) mass is 240 g/mol. The smallest absolute Gasteiger partial charge is 0.0130 e. The summed E-state index contributed by atoms with van der Waals surface area (Å²) in [6.45, 7) is 0. The zero-order valence-electron chi connectivity index (χ0n) is 4.64. The topological polar surface area (TPSA) is 0 Å². The molecule has 1 aliphatic heterocycles. The fourth-order valence-electron chi connectivity index (χ4n) is 0.737. The van der Waals surface area contributed by atoms with Gasteiger partial charge < -0.3 is 0 Å². The van der Waals surface area contributed by atoms with Gasteiger partial charge in [0.1, 0.15) is 0 Å². The molecule has 1 unspecified atom stereocenters. The van der Waals surface area contributed by atoms with Gasteiger partial charge in [-0.1, -0.05) is 28.7 Å².